The zero-order valence-corrected chi connectivity index (χ0v) is 12.4. The minimum absolute atomic E-state index is 0.359. The van der Waals surface area contributed by atoms with Crippen LogP contribution in [0, 0.1) is 0 Å². The van der Waals surface area contributed by atoms with E-state index in [4.69, 9.17) is 4.74 Å². The lowest BCUT2D eigenvalue weighted by Gasteiger charge is -2.23. The highest BCUT2D eigenvalue weighted by atomic mass is 16.5. The van der Waals surface area contributed by atoms with Gasteiger partial charge >= 0.3 is 5.97 Å². The van der Waals surface area contributed by atoms with Crippen molar-refractivity contribution in [2.24, 2.45) is 0 Å². The van der Waals surface area contributed by atoms with Crippen molar-refractivity contribution >= 4 is 5.97 Å². The van der Waals surface area contributed by atoms with Gasteiger partial charge in [0, 0.05) is 12.1 Å². The highest BCUT2D eigenvalue weighted by molar-refractivity contribution is 5.73. The van der Waals surface area contributed by atoms with Crippen molar-refractivity contribution in [2.75, 3.05) is 13.7 Å². The number of benzene rings is 1. The quantitative estimate of drug-likeness (QED) is 0.899. The van der Waals surface area contributed by atoms with Gasteiger partial charge in [0.15, 0.2) is 0 Å². The number of nitrogens with zero attached hydrogens (tertiary/aromatic N) is 1. The number of likely N-dealkylation sites (tertiary alicyclic amines) is 1. The van der Waals surface area contributed by atoms with E-state index < -0.39 is 5.97 Å². The van der Waals surface area contributed by atoms with Crippen molar-refractivity contribution in [1.29, 1.82) is 0 Å². The Kier molecular flexibility index (Phi) is 4.65. The summed E-state index contributed by atoms with van der Waals surface area (Å²) in [5.74, 6) is 0.570. The molecule has 1 atom stereocenters. The number of hydrogen-bond acceptors (Lipinski definition) is 3. The van der Waals surface area contributed by atoms with Crippen LogP contribution < -0.4 is 4.74 Å². The molecule has 0 radical (unpaired) electrons. The van der Waals surface area contributed by atoms with Crippen LogP contribution in [0.3, 0.4) is 0 Å². The second-order valence-corrected chi connectivity index (χ2v) is 5.69. The lowest BCUT2D eigenvalue weighted by molar-refractivity contribution is -0.142. The molecule has 1 fully saturated rings. The average molecular weight is 277 g/mol. The van der Waals surface area contributed by atoms with E-state index in [-0.39, 0.29) is 6.04 Å². The zero-order valence-electron chi connectivity index (χ0n) is 12.4. The minimum atomic E-state index is -0.721. The smallest absolute Gasteiger partial charge is 0.320 e. The van der Waals surface area contributed by atoms with E-state index in [2.05, 4.69) is 26.0 Å². The third-order valence-corrected chi connectivity index (χ3v) is 3.99. The Morgan fingerprint density at radius 1 is 1.50 bits per heavy atom. The van der Waals surface area contributed by atoms with Crippen LogP contribution in [0.4, 0.5) is 0 Å². The maximum atomic E-state index is 11.3. The number of carboxylic acids is 1. The van der Waals surface area contributed by atoms with E-state index in [1.54, 1.807) is 7.11 Å². The number of aliphatic carboxylic acids is 1. The first-order valence-electron chi connectivity index (χ1n) is 7.16. The Morgan fingerprint density at radius 3 is 2.85 bits per heavy atom. The highest BCUT2D eigenvalue weighted by Crippen LogP contribution is 2.28. The molecule has 20 heavy (non-hydrogen) atoms. The molecule has 1 aliphatic rings. The van der Waals surface area contributed by atoms with E-state index in [1.165, 1.54) is 5.56 Å². The monoisotopic (exact) mass is 277 g/mol. The molecule has 0 aliphatic carbocycles. The van der Waals surface area contributed by atoms with Gasteiger partial charge in [-0.3, -0.25) is 9.69 Å². The Bertz CT molecular complexity index is 485. The molecule has 1 aliphatic heterocycles. The van der Waals surface area contributed by atoms with Crippen LogP contribution in [-0.4, -0.2) is 35.7 Å². The molecule has 1 unspecified atom stereocenters. The summed E-state index contributed by atoms with van der Waals surface area (Å²) >= 11 is 0. The number of carbonyl (C=O) groups is 1. The van der Waals surface area contributed by atoms with Gasteiger partial charge in [0.2, 0.25) is 0 Å². The Labute approximate surface area is 120 Å². The van der Waals surface area contributed by atoms with Gasteiger partial charge in [-0.15, -0.1) is 0 Å². The summed E-state index contributed by atoms with van der Waals surface area (Å²) in [5, 5.41) is 9.26. The van der Waals surface area contributed by atoms with Gasteiger partial charge in [-0.2, -0.15) is 0 Å². The molecule has 1 aromatic carbocycles. The predicted molar refractivity (Wildman–Crippen MR) is 78.2 cm³/mol. The summed E-state index contributed by atoms with van der Waals surface area (Å²) in [6.07, 6.45) is 1.69. The van der Waals surface area contributed by atoms with Crippen LogP contribution in [0.2, 0.25) is 0 Å². The first-order chi connectivity index (χ1) is 9.52. The largest absolute Gasteiger partial charge is 0.496 e. The molecular formula is C16H23NO3. The fourth-order valence-electron chi connectivity index (χ4n) is 2.80. The van der Waals surface area contributed by atoms with Crippen LogP contribution in [-0.2, 0) is 11.3 Å². The summed E-state index contributed by atoms with van der Waals surface area (Å²) < 4.78 is 5.41. The SMILES string of the molecule is COc1ccc(C(C)C)cc1CN1CCCC1C(=O)O. The molecule has 110 valence electrons. The van der Waals surface area contributed by atoms with Crippen molar-refractivity contribution in [2.45, 2.75) is 45.2 Å². The Hall–Kier alpha value is -1.55. The van der Waals surface area contributed by atoms with Gasteiger partial charge in [-0.1, -0.05) is 26.0 Å². The van der Waals surface area contributed by atoms with Gasteiger partial charge in [-0.25, -0.2) is 0 Å². The fourth-order valence-corrected chi connectivity index (χ4v) is 2.80. The van der Waals surface area contributed by atoms with Crippen LogP contribution in [0.5, 0.6) is 5.75 Å². The molecule has 1 N–H and O–H groups in total. The second kappa shape index (κ2) is 6.27. The third kappa shape index (κ3) is 3.12. The van der Waals surface area contributed by atoms with Crippen LogP contribution in [0.25, 0.3) is 0 Å². The topological polar surface area (TPSA) is 49.8 Å². The predicted octanol–water partition coefficient (Wildman–Crippen LogP) is 2.87. The molecule has 0 aromatic heterocycles. The number of rotatable bonds is 5. The molecule has 1 aromatic rings. The molecule has 4 heteroatoms. The molecule has 0 amide bonds. The summed E-state index contributed by atoms with van der Waals surface area (Å²) in [6.45, 7) is 5.79. The normalized spacial score (nSPS) is 19.5. The van der Waals surface area contributed by atoms with E-state index in [0.717, 1.165) is 30.7 Å². The van der Waals surface area contributed by atoms with Crippen molar-refractivity contribution < 1.29 is 14.6 Å². The van der Waals surface area contributed by atoms with Gasteiger partial charge < -0.3 is 9.84 Å². The van der Waals surface area contributed by atoms with Crippen molar-refractivity contribution in [1.82, 2.24) is 4.90 Å². The molecule has 0 spiro atoms. The van der Waals surface area contributed by atoms with Gasteiger partial charge in [-0.05, 0) is 36.9 Å². The minimum Gasteiger partial charge on any atom is -0.496 e. The molecular weight excluding hydrogens is 254 g/mol. The standard InChI is InChI=1S/C16H23NO3/c1-11(2)12-6-7-15(20-3)13(9-12)10-17-8-4-5-14(17)16(18)19/h6-7,9,11,14H,4-5,8,10H2,1-3H3,(H,18,19). The van der Waals surface area contributed by atoms with Crippen molar-refractivity contribution in [3.8, 4) is 5.75 Å². The van der Waals surface area contributed by atoms with Crippen LogP contribution in [0.15, 0.2) is 18.2 Å². The number of carboxylic acid groups (broad SMARTS) is 1. The van der Waals surface area contributed by atoms with E-state index in [0.29, 0.717) is 12.5 Å². The van der Waals surface area contributed by atoms with Gasteiger partial charge in [0.1, 0.15) is 11.8 Å². The molecule has 0 bridgehead atoms. The van der Waals surface area contributed by atoms with Gasteiger partial charge in [0.25, 0.3) is 0 Å². The molecule has 2 rings (SSSR count). The maximum absolute atomic E-state index is 11.3. The lowest BCUT2D eigenvalue weighted by Crippen LogP contribution is -2.35. The maximum Gasteiger partial charge on any atom is 0.320 e. The molecule has 1 saturated heterocycles. The second-order valence-electron chi connectivity index (χ2n) is 5.69. The van der Waals surface area contributed by atoms with Crippen molar-refractivity contribution in [3.05, 3.63) is 29.3 Å². The zero-order chi connectivity index (χ0) is 14.7. The first-order valence-corrected chi connectivity index (χ1v) is 7.16. The molecule has 1 heterocycles. The van der Waals surface area contributed by atoms with Crippen LogP contribution in [0.1, 0.15) is 43.7 Å². The van der Waals surface area contributed by atoms with E-state index in [9.17, 15) is 9.90 Å². The fraction of sp³-hybridized carbons (Fsp3) is 0.562. The molecule has 4 nitrogen and oxygen atoms in total. The highest BCUT2D eigenvalue weighted by Gasteiger charge is 2.30. The van der Waals surface area contributed by atoms with Crippen LogP contribution >= 0.6 is 0 Å². The average Bonchev–Trinajstić information content (AvgIpc) is 2.87. The summed E-state index contributed by atoms with van der Waals surface area (Å²) in [7, 11) is 1.66. The Morgan fingerprint density at radius 2 is 2.25 bits per heavy atom. The third-order valence-electron chi connectivity index (χ3n) is 3.99. The first kappa shape index (κ1) is 14.9. The number of hydrogen-bond donors (Lipinski definition) is 1. The Balaban J connectivity index is 2.22. The van der Waals surface area contributed by atoms with Crippen molar-refractivity contribution in [3.63, 3.8) is 0 Å². The summed E-state index contributed by atoms with van der Waals surface area (Å²) in [4.78, 5) is 13.3. The molecule has 0 saturated carbocycles. The van der Waals surface area contributed by atoms with E-state index >= 15 is 0 Å². The number of methoxy groups -OCH3 is 1. The van der Waals surface area contributed by atoms with E-state index in [1.807, 2.05) is 11.0 Å². The lowest BCUT2D eigenvalue weighted by atomic mass is 10.00. The number of ether oxygens (including phenoxy) is 1. The summed E-state index contributed by atoms with van der Waals surface area (Å²) in [5.41, 5.74) is 2.33. The summed E-state index contributed by atoms with van der Waals surface area (Å²) in [6, 6.07) is 5.84. The van der Waals surface area contributed by atoms with Gasteiger partial charge in [0.05, 0.1) is 7.11 Å².